The first-order valence-corrected chi connectivity index (χ1v) is 5.25. The summed E-state index contributed by atoms with van der Waals surface area (Å²) in [5.74, 6) is -9.52. The highest BCUT2D eigenvalue weighted by molar-refractivity contribution is 5.70. The summed E-state index contributed by atoms with van der Waals surface area (Å²) in [5.41, 5.74) is 3.82. The van der Waals surface area contributed by atoms with E-state index in [9.17, 15) is 22.4 Å². The van der Waals surface area contributed by atoms with E-state index in [0.717, 1.165) is 6.33 Å². The first-order valence-electron chi connectivity index (χ1n) is 5.25. The van der Waals surface area contributed by atoms with E-state index in [4.69, 9.17) is 10.8 Å². The topological polar surface area (TPSA) is 110 Å². The average Bonchev–Trinajstić information content (AvgIpc) is 2.72. The van der Waals surface area contributed by atoms with Crippen LogP contribution in [-0.2, 0) is 6.54 Å². The van der Waals surface area contributed by atoms with Gasteiger partial charge in [0.2, 0.25) is 5.95 Å². The Kier molecular flexibility index (Phi) is 3.16. The number of nitrogens with two attached hydrogens (primary N) is 1. The number of alkyl halides is 4. The van der Waals surface area contributed by atoms with Crippen LogP contribution in [0.4, 0.5) is 23.5 Å². The summed E-state index contributed by atoms with van der Waals surface area (Å²) in [6.45, 7) is -3.52. The van der Waals surface area contributed by atoms with Gasteiger partial charge in [-0.1, -0.05) is 0 Å². The zero-order valence-corrected chi connectivity index (χ0v) is 9.78. The van der Waals surface area contributed by atoms with Crippen molar-refractivity contribution >= 4 is 17.1 Å². The average molecular weight is 295 g/mol. The van der Waals surface area contributed by atoms with Crippen LogP contribution >= 0.6 is 0 Å². The van der Waals surface area contributed by atoms with E-state index in [-0.39, 0.29) is 17.1 Å². The Morgan fingerprint density at radius 1 is 1.35 bits per heavy atom. The van der Waals surface area contributed by atoms with Gasteiger partial charge in [0.1, 0.15) is 6.61 Å². The van der Waals surface area contributed by atoms with Crippen LogP contribution in [0, 0.1) is 0 Å². The molecule has 0 atom stereocenters. The number of H-pyrrole nitrogens is 1. The number of nitrogens with zero attached hydrogens (tertiary/aromatic N) is 3. The van der Waals surface area contributed by atoms with E-state index >= 15 is 0 Å². The molecule has 0 aliphatic rings. The molecule has 2 aromatic rings. The monoisotopic (exact) mass is 295 g/mol. The Labute approximate surface area is 108 Å². The molecule has 0 bridgehead atoms. The first kappa shape index (κ1) is 14.2. The minimum absolute atomic E-state index is 0.303. The van der Waals surface area contributed by atoms with Crippen molar-refractivity contribution in [2.24, 2.45) is 0 Å². The standard InChI is InChI=1S/C9H9F4N5O2/c10-8(11,9(12,13)2-19)1-18-3-15-4-5(18)16-7(14)17-6(4)20/h3,19H,1-2H2,(H3,14,16,17,20). The van der Waals surface area contributed by atoms with Gasteiger partial charge >= 0.3 is 11.8 Å². The summed E-state index contributed by atoms with van der Waals surface area (Å²) in [6.07, 6.45) is 0.772. The second-order valence-electron chi connectivity index (χ2n) is 4.06. The van der Waals surface area contributed by atoms with Crippen LogP contribution in [-0.4, -0.2) is 43.1 Å². The molecule has 2 heterocycles. The molecule has 110 valence electrons. The van der Waals surface area contributed by atoms with Crippen LogP contribution in [0.15, 0.2) is 11.1 Å². The summed E-state index contributed by atoms with van der Waals surface area (Å²) in [5, 5.41) is 8.31. The van der Waals surface area contributed by atoms with Crippen LogP contribution < -0.4 is 11.3 Å². The third-order valence-corrected chi connectivity index (χ3v) is 2.60. The number of rotatable bonds is 4. The van der Waals surface area contributed by atoms with Gasteiger partial charge in [0.15, 0.2) is 11.2 Å². The minimum atomic E-state index is -4.61. The van der Waals surface area contributed by atoms with Gasteiger partial charge in [-0.2, -0.15) is 22.5 Å². The van der Waals surface area contributed by atoms with Gasteiger partial charge in [-0.05, 0) is 0 Å². The Bertz CT molecular complexity index is 695. The molecule has 2 rings (SSSR count). The zero-order chi connectivity index (χ0) is 15.1. The van der Waals surface area contributed by atoms with Crippen LogP contribution in [0.25, 0.3) is 11.2 Å². The molecule has 0 fully saturated rings. The van der Waals surface area contributed by atoms with Crippen molar-refractivity contribution in [3.63, 3.8) is 0 Å². The van der Waals surface area contributed by atoms with E-state index in [1.807, 2.05) is 0 Å². The normalized spacial score (nSPS) is 13.1. The summed E-state index contributed by atoms with van der Waals surface area (Å²) in [7, 11) is 0. The molecule has 0 saturated carbocycles. The second kappa shape index (κ2) is 4.44. The summed E-state index contributed by atoms with van der Waals surface area (Å²) < 4.78 is 53.2. The Morgan fingerprint density at radius 2 is 2.00 bits per heavy atom. The number of nitrogens with one attached hydrogen (secondary N) is 1. The predicted molar refractivity (Wildman–Crippen MR) is 59.5 cm³/mol. The molecule has 0 aliphatic carbocycles. The van der Waals surface area contributed by atoms with Gasteiger partial charge in [0, 0.05) is 0 Å². The first-order chi connectivity index (χ1) is 9.18. The van der Waals surface area contributed by atoms with Crippen LogP contribution in [0.3, 0.4) is 0 Å². The van der Waals surface area contributed by atoms with Crippen LogP contribution in [0.2, 0.25) is 0 Å². The fourth-order valence-electron chi connectivity index (χ4n) is 1.53. The predicted octanol–water partition coefficient (Wildman–Crippen LogP) is -0.0353. The number of anilines is 1. The largest absolute Gasteiger partial charge is 0.390 e. The highest BCUT2D eigenvalue weighted by Crippen LogP contribution is 2.35. The molecule has 0 amide bonds. The van der Waals surface area contributed by atoms with Crippen molar-refractivity contribution in [3.05, 3.63) is 16.7 Å². The van der Waals surface area contributed by atoms with Gasteiger partial charge < -0.3 is 15.4 Å². The van der Waals surface area contributed by atoms with Crippen molar-refractivity contribution in [2.75, 3.05) is 12.3 Å². The van der Waals surface area contributed by atoms with Gasteiger partial charge in [-0.15, -0.1) is 0 Å². The molecule has 0 aromatic carbocycles. The maximum absolute atomic E-state index is 13.4. The van der Waals surface area contributed by atoms with E-state index < -0.39 is 30.6 Å². The van der Waals surface area contributed by atoms with Gasteiger partial charge in [-0.3, -0.25) is 9.78 Å². The van der Waals surface area contributed by atoms with E-state index in [1.165, 1.54) is 0 Å². The maximum Gasteiger partial charge on any atom is 0.334 e. The molecule has 7 nitrogen and oxygen atoms in total. The lowest BCUT2D eigenvalue weighted by Gasteiger charge is -2.24. The van der Waals surface area contributed by atoms with Crippen molar-refractivity contribution in [3.8, 4) is 0 Å². The smallest absolute Gasteiger partial charge is 0.334 e. The maximum atomic E-state index is 13.4. The van der Waals surface area contributed by atoms with Gasteiger partial charge in [-0.25, -0.2) is 4.98 Å². The van der Waals surface area contributed by atoms with Gasteiger partial charge in [0.25, 0.3) is 5.56 Å². The highest BCUT2D eigenvalue weighted by Gasteiger charge is 2.56. The second-order valence-corrected chi connectivity index (χ2v) is 4.06. The molecule has 11 heteroatoms. The van der Waals surface area contributed by atoms with E-state index in [2.05, 4.69) is 15.0 Å². The molecular weight excluding hydrogens is 286 g/mol. The number of hydrogen-bond donors (Lipinski definition) is 3. The van der Waals surface area contributed by atoms with Crippen LogP contribution in [0.1, 0.15) is 0 Å². The molecule has 0 spiro atoms. The Hall–Kier alpha value is -2.17. The summed E-state index contributed by atoms with van der Waals surface area (Å²) in [4.78, 5) is 20.6. The molecule has 4 N–H and O–H groups in total. The van der Waals surface area contributed by atoms with E-state index in [0.29, 0.717) is 4.57 Å². The Morgan fingerprint density at radius 3 is 2.60 bits per heavy atom. The van der Waals surface area contributed by atoms with Crippen molar-refractivity contribution < 1.29 is 22.7 Å². The fraction of sp³-hybridized carbons (Fsp3) is 0.444. The number of fused-ring (bicyclic) bond motifs is 1. The number of imidazole rings is 1. The third kappa shape index (κ3) is 2.19. The molecule has 20 heavy (non-hydrogen) atoms. The van der Waals surface area contributed by atoms with Crippen LogP contribution in [0.5, 0.6) is 0 Å². The highest BCUT2D eigenvalue weighted by atomic mass is 19.3. The molecule has 0 radical (unpaired) electrons. The van der Waals surface area contributed by atoms with Crippen molar-refractivity contribution in [2.45, 2.75) is 18.4 Å². The number of hydrogen-bond acceptors (Lipinski definition) is 5. The SMILES string of the molecule is Nc1nc2c(ncn2CC(F)(F)C(F)(F)CO)c(=O)[nH]1. The lowest BCUT2D eigenvalue weighted by atomic mass is 10.2. The molecule has 0 aliphatic heterocycles. The molecular formula is C9H9F4N5O2. The van der Waals surface area contributed by atoms with Crippen molar-refractivity contribution in [1.29, 1.82) is 0 Å². The Balaban J connectivity index is 2.48. The number of aromatic nitrogens is 4. The zero-order valence-electron chi connectivity index (χ0n) is 9.78. The van der Waals surface area contributed by atoms with Crippen molar-refractivity contribution in [1.82, 2.24) is 19.5 Å². The summed E-state index contributed by atoms with van der Waals surface area (Å²) in [6, 6.07) is 0. The number of nitrogen functional groups attached to an aromatic ring is 1. The number of aliphatic hydroxyl groups excluding tert-OH is 1. The quantitative estimate of drug-likeness (QED) is 0.686. The lowest BCUT2D eigenvalue weighted by Crippen LogP contribution is -2.46. The van der Waals surface area contributed by atoms with E-state index in [1.54, 1.807) is 0 Å². The minimum Gasteiger partial charge on any atom is -0.390 e. The summed E-state index contributed by atoms with van der Waals surface area (Å²) >= 11 is 0. The molecule has 0 saturated heterocycles. The number of aromatic amines is 1. The fourth-order valence-corrected chi connectivity index (χ4v) is 1.53. The lowest BCUT2D eigenvalue weighted by molar-refractivity contribution is -0.230. The van der Waals surface area contributed by atoms with Gasteiger partial charge in [0.05, 0.1) is 12.9 Å². The number of aliphatic hydroxyl groups is 1. The third-order valence-electron chi connectivity index (χ3n) is 2.60. The molecule has 2 aromatic heterocycles. The molecule has 0 unspecified atom stereocenters. The number of halogens is 4.